The fourth-order valence-corrected chi connectivity index (χ4v) is 9.39. The van der Waals surface area contributed by atoms with E-state index in [4.69, 9.17) is 9.98 Å². The number of aliphatic imine (C=N–C) groups is 2. The average Bonchev–Trinajstić information content (AvgIpc) is 3.38. The van der Waals surface area contributed by atoms with Crippen molar-refractivity contribution in [2.75, 3.05) is 0 Å². The number of rotatable bonds is 44. The summed E-state index contributed by atoms with van der Waals surface area (Å²) in [5, 5.41) is 0. The first-order valence-corrected chi connectivity index (χ1v) is 30.5. The van der Waals surface area contributed by atoms with Gasteiger partial charge in [-0.25, -0.2) is 4.99 Å². The summed E-state index contributed by atoms with van der Waals surface area (Å²) in [5.41, 5.74) is 6.46. The minimum atomic E-state index is 0.848. The van der Waals surface area contributed by atoms with Crippen LogP contribution in [0.4, 0.5) is 11.4 Å². The van der Waals surface area contributed by atoms with Crippen molar-refractivity contribution in [2.24, 2.45) is 9.98 Å². The average molecular weight is 954 g/mol. The van der Waals surface area contributed by atoms with Crippen LogP contribution >= 0.6 is 0 Å². The van der Waals surface area contributed by atoms with Crippen LogP contribution in [0.1, 0.15) is 308 Å². The van der Waals surface area contributed by atoms with Gasteiger partial charge in [-0.15, -0.1) is 23.7 Å². The largest absolute Gasteiger partial charge is 0.250 e. The normalized spacial score (nSPS) is 11.5. The molecule has 0 radical (unpaired) electrons. The number of unbranched alkanes of at least 4 members (excludes halogenated alkanes) is 35. The minimum absolute atomic E-state index is 0.848. The topological polar surface area (TPSA) is 24.7 Å². The Morgan fingerprint density at radius 3 is 1.00 bits per heavy atom. The molecule has 0 atom stereocenters. The van der Waals surface area contributed by atoms with Gasteiger partial charge >= 0.3 is 0 Å². The van der Waals surface area contributed by atoms with Crippen molar-refractivity contribution < 1.29 is 0 Å². The Bertz CT molecular complexity index is 1760. The lowest BCUT2D eigenvalue weighted by atomic mass is 10.0. The number of para-hydroxylation sites is 2. The van der Waals surface area contributed by atoms with Crippen molar-refractivity contribution in [1.29, 1.82) is 0 Å². The zero-order valence-electron chi connectivity index (χ0n) is 46.6. The molecule has 0 aliphatic rings. The molecule has 0 fully saturated rings. The Hall–Kier alpha value is -3.54. The molecule has 0 saturated heterocycles. The van der Waals surface area contributed by atoms with E-state index in [2.05, 4.69) is 112 Å². The second-order valence-corrected chi connectivity index (χ2v) is 20.6. The molecule has 0 bridgehead atoms. The second-order valence-electron chi connectivity index (χ2n) is 20.6. The van der Waals surface area contributed by atoms with Crippen molar-refractivity contribution in [2.45, 2.75) is 310 Å². The highest BCUT2D eigenvalue weighted by molar-refractivity contribution is 6.49. The van der Waals surface area contributed by atoms with E-state index in [0.29, 0.717) is 0 Å². The number of benzene rings is 2. The Morgan fingerprint density at radius 2 is 0.614 bits per heavy atom. The monoisotopic (exact) mass is 953 g/mol. The fourth-order valence-electron chi connectivity index (χ4n) is 9.39. The molecule has 0 heterocycles. The van der Waals surface area contributed by atoms with Crippen molar-refractivity contribution in [3.63, 3.8) is 0 Å². The van der Waals surface area contributed by atoms with Crippen molar-refractivity contribution in [3.05, 3.63) is 59.7 Å². The fraction of sp³-hybridized carbons (Fsp3) is 0.706. The number of aryl methyl sites for hydroxylation is 2. The van der Waals surface area contributed by atoms with Crippen LogP contribution in [0.3, 0.4) is 0 Å². The lowest BCUT2D eigenvalue weighted by Crippen LogP contribution is -2.13. The van der Waals surface area contributed by atoms with E-state index < -0.39 is 0 Å². The molecule has 2 nitrogen and oxygen atoms in total. The summed E-state index contributed by atoms with van der Waals surface area (Å²) in [6, 6.07) is 17.4. The van der Waals surface area contributed by atoms with Crippen LogP contribution in [0.2, 0.25) is 0 Å². The molecule has 0 N–H and O–H groups in total. The third kappa shape index (κ3) is 36.4. The molecule has 2 aromatic carbocycles. The van der Waals surface area contributed by atoms with Gasteiger partial charge in [0.15, 0.2) is 0 Å². The third-order valence-electron chi connectivity index (χ3n) is 14.0. The van der Waals surface area contributed by atoms with E-state index in [1.54, 1.807) is 0 Å². The molecule has 2 rings (SSSR count). The summed E-state index contributed by atoms with van der Waals surface area (Å²) >= 11 is 0. The Labute approximate surface area is 436 Å². The van der Waals surface area contributed by atoms with E-state index in [0.717, 1.165) is 87.0 Å². The van der Waals surface area contributed by atoms with Crippen LogP contribution in [0.15, 0.2) is 58.5 Å². The van der Waals surface area contributed by atoms with Gasteiger partial charge in [0.1, 0.15) is 5.71 Å². The number of nitrogens with zero attached hydrogens (tertiary/aromatic N) is 2. The molecule has 2 aromatic rings. The maximum Gasteiger partial charge on any atom is 0.135 e. The van der Waals surface area contributed by atoms with Crippen LogP contribution in [-0.2, 0) is 12.8 Å². The summed E-state index contributed by atoms with van der Waals surface area (Å²) in [4.78, 5) is 11.0. The molecule has 0 amide bonds. The molecule has 0 saturated carbocycles. The summed E-state index contributed by atoms with van der Waals surface area (Å²) in [6.07, 6.45) is 55.7. The molecule has 0 unspecified atom stereocenters. The summed E-state index contributed by atoms with van der Waals surface area (Å²) < 4.78 is 0. The lowest BCUT2D eigenvalue weighted by Gasteiger charge is -2.11. The van der Waals surface area contributed by atoms with Gasteiger partial charge in [0.25, 0.3) is 0 Å². The molecule has 0 spiro atoms. The van der Waals surface area contributed by atoms with Crippen molar-refractivity contribution >= 4 is 22.8 Å². The van der Waals surface area contributed by atoms with Gasteiger partial charge in [-0.05, 0) is 74.1 Å². The zero-order chi connectivity index (χ0) is 49.9. The quantitative estimate of drug-likeness (QED) is 0.0359. The Kier molecular flexibility index (Phi) is 43.9. The van der Waals surface area contributed by atoms with E-state index in [9.17, 15) is 0 Å². The van der Waals surface area contributed by atoms with Gasteiger partial charge in [0, 0.05) is 32.1 Å². The van der Waals surface area contributed by atoms with Gasteiger partial charge in [-0.3, -0.25) is 4.99 Å². The molecule has 0 aliphatic heterocycles. The van der Waals surface area contributed by atoms with E-state index in [-0.39, 0.29) is 0 Å². The highest BCUT2D eigenvalue weighted by Crippen LogP contribution is 2.25. The number of hydrogen-bond donors (Lipinski definition) is 0. The summed E-state index contributed by atoms with van der Waals surface area (Å²) in [6.45, 7) is 9.19. The van der Waals surface area contributed by atoms with Gasteiger partial charge in [0.2, 0.25) is 0 Å². The summed E-state index contributed by atoms with van der Waals surface area (Å²) in [7, 11) is 0. The van der Waals surface area contributed by atoms with Crippen LogP contribution in [0.5, 0.6) is 0 Å². The lowest BCUT2D eigenvalue weighted by molar-refractivity contribution is 0.545. The highest BCUT2D eigenvalue weighted by atomic mass is 14.8. The molecular weight excluding hydrogens is 845 g/mol. The van der Waals surface area contributed by atoms with Crippen LogP contribution in [0, 0.1) is 35.5 Å². The first-order chi connectivity index (χ1) is 34.7. The van der Waals surface area contributed by atoms with Crippen molar-refractivity contribution in [1.82, 2.24) is 0 Å². The first-order valence-electron chi connectivity index (χ1n) is 30.5. The SMILES string of the molecule is CCCCCCCCCCCCC#CCCc1ccccc1N=C(C#CCCCCCCCCCCCCCC)C(CCCCCC)=Nc1ccccc1CCC#CCCCCCCCCCCCC. The standard InChI is InChI=1S/C68H108N2/c1-5-9-13-17-20-23-26-29-32-35-38-41-44-47-55-63-57-51-53-59-65(63)69-67(61-49-16-12-8-4)68(62-50-46-43-40-37-34-31-28-25-22-19-15-11-7-3)70-66-60-54-52-58-64(66)56-48-45-42-39-36-33-30-27-24-21-18-14-10-6-2/h51-54,57-60H,5-40,43,46-49,55-56,61H2,1-4H3. The third-order valence-corrected chi connectivity index (χ3v) is 14.0. The molecule has 0 aromatic heterocycles. The van der Waals surface area contributed by atoms with Gasteiger partial charge in [-0.1, -0.05) is 275 Å². The maximum absolute atomic E-state index is 5.51. The van der Waals surface area contributed by atoms with E-state index >= 15 is 0 Å². The van der Waals surface area contributed by atoms with Crippen LogP contribution < -0.4 is 0 Å². The summed E-state index contributed by atoms with van der Waals surface area (Å²) in [5.74, 6) is 21.3. The van der Waals surface area contributed by atoms with Gasteiger partial charge in [0.05, 0.1) is 17.1 Å². The molecular formula is C68H108N2. The minimum Gasteiger partial charge on any atom is -0.250 e. The van der Waals surface area contributed by atoms with Gasteiger partial charge < -0.3 is 0 Å². The predicted octanol–water partition coefficient (Wildman–Crippen LogP) is 22.1. The van der Waals surface area contributed by atoms with Crippen LogP contribution in [-0.4, -0.2) is 11.4 Å². The Balaban J connectivity index is 2.17. The smallest absolute Gasteiger partial charge is 0.135 e. The molecule has 2 heteroatoms. The zero-order valence-corrected chi connectivity index (χ0v) is 46.6. The predicted molar refractivity (Wildman–Crippen MR) is 314 cm³/mol. The molecule has 70 heavy (non-hydrogen) atoms. The first kappa shape index (κ1) is 62.6. The van der Waals surface area contributed by atoms with E-state index in [1.807, 2.05) is 0 Å². The second kappa shape index (κ2) is 49.1. The van der Waals surface area contributed by atoms with E-state index in [1.165, 1.54) is 229 Å². The molecule has 0 aliphatic carbocycles. The Morgan fingerprint density at radius 1 is 0.314 bits per heavy atom. The highest BCUT2D eigenvalue weighted by Gasteiger charge is 2.12. The molecule has 390 valence electrons. The maximum atomic E-state index is 5.51. The van der Waals surface area contributed by atoms with Gasteiger partial charge in [-0.2, -0.15) is 0 Å². The van der Waals surface area contributed by atoms with Crippen LogP contribution in [0.25, 0.3) is 0 Å². The number of hydrogen-bond acceptors (Lipinski definition) is 2. The van der Waals surface area contributed by atoms with Crippen molar-refractivity contribution in [3.8, 4) is 35.5 Å².